The minimum Gasteiger partial charge on any atom is -0.476 e. The molecule has 0 saturated heterocycles. The van der Waals surface area contributed by atoms with Crippen LogP contribution < -0.4 is 14.4 Å². The molecule has 2 heterocycles. The molecule has 156 valence electrons. The van der Waals surface area contributed by atoms with Gasteiger partial charge in [-0.3, -0.25) is 9.10 Å². The number of sulfonamides is 1. The van der Waals surface area contributed by atoms with Crippen LogP contribution in [0, 0.1) is 0 Å². The molecule has 1 aliphatic heterocycles. The number of hydrogen-bond acceptors (Lipinski definition) is 5. The van der Waals surface area contributed by atoms with Gasteiger partial charge < -0.3 is 14.6 Å². The van der Waals surface area contributed by atoms with Gasteiger partial charge in [-0.05, 0) is 23.3 Å². The van der Waals surface area contributed by atoms with Crippen LogP contribution in [0.1, 0.15) is 11.1 Å². The van der Waals surface area contributed by atoms with Crippen molar-refractivity contribution in [3.63, 3.8) is 0 Å². The van der Waals surface area contributed by atoms with E-state index < -0.39 is 16.1 Å². The SMILES string of the molecule is CS(=O)(=O)N1CC(C(=O)NCc2ccc(Cn3ccnc3)cc2)Oc2ccccc21. The van der Waals surface area contributed by atoms with Crippen LogP contribution >= 0.6 is 0 Å². The Labute approximate surface area is 175 Å². The molecule has 0 radical (unpaired) electrons. The number of nitrogens with one attached hydrogen (secondary N) is 1. The Morgan fingerprint density at radius 3 is 2.60 bits per heavy atom. The Balaban J connectivity index is 1.39. The first-order chi connectivity index (χ1) is 14.4. The number of hydrogen-bond donors (Lipinski definition) is 1. The molecule has 30 heavy (non-hydrogen) atoms. The lowest BCUT2D eigenvalue weighted by molar-refractivity contribution is -0.127. The summed E-state index contributed by atoms with van der Waals surface area (Å²) < 4.78 is 33.3. The van der Waals surface area contributed by atoms with Crippen molar-refractivity contribution in [3.05, 3.63) is 78.4 Å². The predicted octanol–water partition coefficient (Wildman–Crippen LogP) is 1.77. The fraction of sp³-hybridized carbons (Fsp3) is 0.238. The Kier molecular flexibility index (Phi) is 5.45. The number of carbonyl (C=O) groups excluding carboxylic acids is 1. The van der Waals surface area contributed by atoms with Gasteiger partial charge in [0.2, 0.25) is 10.0 Å². The standard InChI is InChI=1S/C21H22N4O4S/c1-30(27,28)25-14-20(29-19-5-3-2-4-18(19)25)21(26)23-12-16-6-8-17(9-7-16)13-24-11-10-22-15-24/h2-11,15,20H,12-14H2,1H3,(H,23,26). The van der Waals surface area contributed by atoms with Crippen molar-refractivity contribution < 1.29 is 17.9 Å². The maximum Gasteiger partial charge on any atom is 0.263 e. The van der Waals surface area contributed by atoms with Crippen LogP contribution in [0.5, 0.6) is 5.75 Å². The predicted molar refractivity (Wildman–Crippen MR) is 113 cm³/mol. The molecule has 1 N–H and O–H groups in total. The average Bonchev–Trinajstić information content (AvgIpc) is 3.24. The third kappa shape index (κ3) is 4.46. The van der Waals surface area contributed by atoms with Gasteiger partial charge >= 0.3 is 0 Å². The molecule has 1 unspecified atom stereocenters. The number of para-hydroxylation sites is 2. The van der Waals surface area contributed by atoms with Gasteiger partial charge in [0, 0.05) is 25.5 Å². The molecular formula is C21H22N4O4S. The number of aromatic nitrogens is 2. The van der Waals surface area contributed by atoms with Crippen molar-refractivity contribution >= 4 is 21.6 Å². The first kappa shape index (κ1) is 20.0. The van der Waals surface area contributed by atoms with E-state index in [-0.39, 0.29) is 12.5 Å². The third-order valence-electron chi connectivity index (χ3n) is 4.84. The molecular weight excluding hydrogens is 404 g/mol. The zero-order valence-corrected chi connectivity index (χ0v) is 17.2. The smallest absolute Gasteiger partial charge is 0.263 e. The summed E-state index contributed by atoms with van der Waals surface area (Å²) in [5.74, 6) is 0.0128. The van der Waals surface area contributed by atoms with E-state index >= 15 is 0 Å². The van der Waals surface area contributed by atoms with E-state index in [2.05, 4.69) is 10.3 Å². The van der Waals surface area contributed by atoms with E-state index in [0.717, 1.165) is 23.9 Å². The highest BCUT2D eigenvalue weighted by molar-refractivity contribution is 7.92. The minimum atomic E-state index is -3.53. The molecule has 9 heteroatoms. The van der Waals surface area contributed by atoms with Crippen LogP contribution in [0.2, 0.25) is 0 Å². The lowest BCUT2D eigenvalue weighted by Crippen LogP contribution is -2.50. The molecule has 2 aromatic carbocycles. The van der Waals surface area contributed by atoms with Crippen molar-refractivity contribution in [3.8, 4) is 5.75 Å². The lowest BCUT2D eigenvalue weighted by atomic mass is 10.1. The summed E-state index contributed by atoms with van der Waals surface area (Å²) in [6.07, 6.45) is 5.60. The van der Waals surface area contributed by atoms with Crippen molar-refractivity contribution in [2.24, 2.45) is 0 Å². The molecule has 0 bridgehead atoms. The van der Waals surface area contributed by atoms with Crippen molar-refractivity contribution in [1.82, 2.24) is 14.9 Å². The van der Waals surface area contributed by atoms with Gasteiger partial charge in [-0.2, -0.15) is 0 Å². The van der Waals surface area contributed by atoms with Gasteiger partial charge in [-0.25, -0.2) is 13.4 Å². The van der Waals surface area contributed by atoms with E-state index in [1.165, 1.54) is 4.31 Å². The molecule has 1 amide bonds. The van der Waals surface area contributed by atoms with E-state index in [1.54, 1.807) is 36.8 Å². The van der Waals surface area contributed by atoms with E-state index in [9.17, 15) is 13.2 Å². The third-order valence-corrected chi connectivity index (χ3v) is 5.99. The quantitative estimate of drug-likeness (QED) is 0.649. The second-order valence-electron chi connectivity index (χ2n) is 7.14. The molecule has 0 fully saturated rings. The fourth-order valence-corrected chi connectivity index (χ4v) is 4.22. The van der Waals surface area contributed by atoms with Crippen LogP contribution in [0.15, 0.2) is 67.3 Å². The number of ether oxygens (including phenoxy) is 1. The van der Waals surface area contributed by atoms with Gasteiger partial charge in [0.25, 0.3) is 5.91 Å². The highest BCUT2D eigenvalue weighted by Crippen LogP contribution is 2.34. The van der Waals surface area contributed by atoms with E-state index in [0.29, 0.717) is 18.0 Å². The number of anilines is 1. The Bertz CT molecular complexity index is 1130. The van der Waals surface area contributed by atoms with E-state index in [1.807, 2.05) is 35.0 Å². The summed E-state index contributed by atoms with van der Waals surface area (Å²) in [6.45, 7) is 0.985. The molecule has 0 spiro atoms. The van der Waals surface area contributed by atoms with Crippen LogP contribution in [-0.4, -0.2) is 42.8 Å². The molecule has 0 saturated carbocycles. The number of benzene rings is 2. The fourth-order valence-electron chi connectivity index (χ4n) is 3.31. The molecule has 1 aromatic heterocycles. The average molecular weight is 426 g/mol. The lowest BCUT2D eigenvalue weighted by Gasteiger charge is -2.33. The van der Waals surface area contributed by atoms with Crippen LogP contribution in [0.4, 0.5) is 5.69 Å². The van der Waals surface area contributed by atoms with Crippen molar-refractivity contribution in [2.75, 3.05) is 17.1 Å². The van der Waals surface area contributed by atoms with Crippen LogP contribution in [-0.2, 0) is 27.9 Å². The van der Waals surface area contributed by atoms with Gasteiger partial charge in [0.1, 0.15) is 5.75 Å². The zero-order chi connectivity index (χ0) is 21.1. The largest absolute Gasteiger partial charge is 0.476 e. The first-order valence-corrected chi connectivity index (χ1v) is 11.3. The summed E-state index contributed by atoms with van der Waals surface area (Å²) in [5, 5.41) is 2.84. The van der Waals surface area contributed by atoms with Gasteiger partial charge in [0.05, 0.1) is 24.8 Å². The normalized spacial score (nSPS) is 15.9. The molecule has 0 aliphatic carbocycles. The topological polar surface area (TPSA) is 93.5 Å². The minimum absolute atomic E-state index is 0.0640. The molecule has 1 atom stereocenters. The zero-order valence-electron chi connectivity index (χ0n) is 16.4. The monoisotopic (exact) mass is 426 g/mol. The first-order valence-electron chi connectivity index (χ1n) is 9.45. The highest BCUT2D eigenvalue weighted by Gasteiger charge is 2.34. The van der Waals surface area contributed by atoms with Crippen molar-refractivity contribution in [2.45, 2.75) is 19.2 Å². The number of rotatable bonds is 6. The molecule has 4 rings (SSSR count). The summed E-state index contributed by atoms with van der Waals surface area (Å²) >= 11 is 0. The van der Waals surface area contributed by atoms with Crippen molar-refractivity contribution in [1.29, 1.82) is 0 Å². The van der Waals surface area contributed by atoms with E-state index in [4.69, 9.17) is 4.74 Å². The van der Waals surface area contributed by atoms with Gasteiger partial charge in [-0.15, -0.1) is 0 Å². The molecule has 8 nitrogen and oxygen atoms in total. The summed E-state index contributed by atoms with van der Waals surface area (Å²) in [5.41, 5.74) is 2.51. The van der Waals surface area contributed by atoms with Gasteiger partial charge in [-0.1, -0.05) is 36.4 Å². The summed E-state index contributed by atoms with van der Waals surface area (Å²) in [6, 6.07) is 14.7. The number of nitrogens with zero attached hydrogens (tertiary/aromatic N) is 3. The van der Waals surface area contributed by atoms with Crippen LogP contribution in [0.3, 0.4) is 0 Å². The van der Waals surface area contributed by atoms with Gasteiger partial charge in [0.15, 0.2) is 6.10 Å². The second kappa shape index (κ2) is 8.19. The Hall–Kier alpha value is -3.33. The number of fused-ring (bicyclic) bond motifs is 1. The maximum absolute atomic E-state index is 12.7. The summed E-state index contributed by atoms with van der Waals surface area (Å²) in [7, 11) is -3.53. The molecule has 3 aromatic rings. The number of carbonyl (C=O) groups is 1. The maximum atomic E-state index is 12.7. The highest BCUT2D eigenvalue weighted by atomic mass is 32.2. The van der Waals surface area contributed by atoms with Crippen LogP contribution in [0.25, 0.3) is 0 Å². The number of amides is 1. The molecule has 1 aliphatic rings. The Morgan fingerprint density at radius 1 is 1.17 bits per heavy atom. The second-order valence-corrected chi connectivity index (χ2v) is 9.04. The number of imidazole rings is 1. The summed E-state index contributed by atoms with van der Waals surface area (Å²) in [4.78, 5) is 16.7. The Morgan fingerprint density at radius 2 is 1.90 bits per heavy atom.